The fourth-order valence-corrected chi connectivity index (χ4v) is 2.81. The fourth-order valence-electron chi connectivity index (χ4n) is 2.81. The van der Waals surface area contributed by atoms with Gasteiger partial charge in [0.1, 0.15) is 17.3 Å². The van der Waals surface area contributed by atoms with Crippen LogP contribution in [0.25, 0.3) is 6.08 Å². The van der Waals surface area contributed by atoms with Gasteiger partial charge in [-0.25, -0.2) is 4.99 Å². The van der Waals surface area contributed by atoms with Crippen LogP contribution in [0.2, 0.25) is 0 Å². The maximum absolute atomic E-state index is 12.0. The van der Waals surface area contributed by atoms with Crippen molar-refractivity contribution in [1.82, 2.24) is 5.32 Å². The molecule has 1 heterocycles. The van der Waals surface area contributed by atoms with Crippen LogP contribution in [0, 0.1) is 5.92 Å². The number of nitrogens with zero attached hydrogens (tertiary/aromatic N) is 1. The third-order valence-corrected chi connectivity index (χ3v) is 3.89. The van der Waals surface area contributed by atoms with Gasteiger partial charge >= 0.3 is 0 Å². The number of carbonyl (C=O) groups is 1. The molecule has 1 aliphatic heterocycles. The second kappa shape index (κ2) is 5.49. The molecular weight excluding hydrogens is 252 g/mol. The number of aliphatic imine (C=N–C) groups is 1. The first-order chi connectivity index (χ1) is 9.78. The highest BCUT2D eigenvalue weighted by Gasteiger charge is 2.28. The zero-order valence-corrected chi connectivity index (χ0v) is 11.6. The first-order valence-electron chi connectivity index (χ1n) is 7.02. The Hall–Kier alpha value is -2.10. The summed E-state index contributed by atoms with van der Waals surface area (Å²) in [4.78, 5) is 16.5. The summed E-state index contributed by atoms with van der Waals surface area (Å²) in [7, 11) is 1.62. The molecule has 0 atom stereocenters. The highest BCUT2D eigenvalue weighted by Crippen LogP contribution is 2.28. The number of benzene rings is 1. The average Bonchev–Trinajstić information content (AvgIpc) is 3.10. The number of methoxy groups -OCH3 is 1. The Morgan fingerprint density at radius 3 is 2.80 bits per heavy atom. The van der Waals surface area contributed by atoms with Gasteiger partial charge in [0.25, 0.3) is 5.91 Å². The lowest BCUT2D eigenvalue weighted by molar-refractivity contribution is -0.115. The molecule has 104 valence electrons. The lowest BCUT2D eigenvalue weighted by atomic mass is 10.1. The Morgan fingerprint density at radius 1 is 1.30 bits per heavy atom. The normalized spacial score (nSPS) is 21.1. The Labute approximate surface area is 118 Å². The van der Waals surface area contributed by atoms with Crippen molar-refractivity contribution >= 4 is 17.8 Å². The molecule has 3 rings (SSSR count). The lowest BCUT2D eigenvalue weighted by Crippen LogP contribution is -2.29. The van der Waals surface area contributed by atoms with Gasteiger partial charge in [-0.3, -0.25) is 4.79 Å². The number of hydrogen-bond acceptors (Lipinski definition) is 3. The van der Waals surface area contributed by atoms with E-state index in [9.17, 15) is 4.79 Å². The number of ether oxygens (including phenoxy) is 1. The van der Waals surface area contributed by atoms with Crippen molar-refractivity contribution in [3.8, 4) is 5.75 Å². The number of carbonyl (C=O) groups excluding carboxylic acids is 1. The Kier molecular flexibility index (Phi) is 3.54. The van der Waals surface area contributed by atoms with Crippen LogP contribution in [-0.2, 0) is 4.79 Å². The molecule has 1 amide bonds. The molecule has 0 bridgehead atoms. The summed E-state index contributed by atoms with van der Waals surface area (Å²) in [6, 6.07) is 7.62. The largest absolute Gasteiger partial charge is 0.496 e. The topological polar surface area (TPSA) is 50.7 Å². The minimum absolute atomic E-state index is 0.113. The minimum atomic E-state index is -0.113. The SMILES string of the molecule is COc1ccccc1/C=C1/N=C(C2CCCC2)NC1=O. The molecule has 1 aromatic carbocycles. The third kappa shape index (κ3) is 2.46. The molecule has 20 heavy (non-hydrogen) atoms. The second-order valence-corrected chi connectivity index (χ2v) is 5.20. The van der Waals surface area contributed by atoms with E-state index < -0.39 is 0 Å². The van der Waals surface area contributed by atoms with Gasteiger partial charge in [-0.2, -0.15) is 0 Å². The molecule has 1 fully saturated rings. The van der Waals surface area contributed by atoms with Crippen molar-refractivity contribution in [3.63, 3.8) is 0 Å². The summed E-state index contributed by atoms with van der Waals surface area (Å²) in [6.45, 7) is 0. The molecule has 4 nitrogen and oxygen atoms in total. The van der Waals surface area contributed by atoms with Gasteiger partial charge in [0.2, 0.25) is 0 Å². The Balaban J connectivity index is 1.89. The summed E-state index contributed by atoms with van der Waals surface area (Å²) in [5.74, 6) is 1.89. The second-order valence-electron chi connectivity index (χ2n) is 5.20. The van der Waals surface area contributed by atoms with E-state index in [4.69, 9.17) is 4.74 Å². The van der Waals surface area contributed by atoms with E-state index in [0.717, 1.165) is 30.0 Å². The van der Waals surface area contributed by atoms with Crippen LogP contribution in [0.15, 0.2) is 35.0 Å². The van der Waals surface area contributed by atoms with E-state index in [-0.39, 0.29) is 5.91 Å². The molecule has 0 radical (unpaired) electrons. The van der Waals surface area contributed by atoms with Crippen LogP contribution < -0.4 is 10.1 Å². The van der Waals surface area contributed by atoms with E-state index in [0.29, 0.717) is 11.6 Å². The number of hydrogen-bond donors (Lipinski definition) is 1. The van der Waals surface area contributed by atoms with E-state index in [2.05, 4.69) is 10.3 Å². The van der Waals surface area contributed by atoms with Crippen molar-refractivity contribution in [2.45, 2.75) is 25.7 Å². The van der Waals surface area contributed by atoms with Gasteiger partial charge in [-0.05, 0) is 25.0 Å². The first kappa shape index (κ1) is 12.9. The van der Waals surface area contributed by atoms with Crippen molar-refractivity contribution in [2.75, 3.05) is 7.11 Å². The van der Waals surface area contributed by atoms with E-state index >= 15 is 0 Å². The predicted molar refractivity (Wildman–Crippen MR) is 78.5 cm³/mol. The smallest absolute Gasteiger partial charge is 0.275 e. The summed E-state index contributed by atoms with van der Waals surface area (Å²) < 4.78 is 5.29. The van der Waals surface area contributed by atoms with E-state index in [1.54, 1.807) is 13.2 Å². The van der Waals surface area contributed by atoms with Gasteiger partial charge in [0.15, 0.2) is 0 Å². The Bertz CT molecular complexity index is 584. The standard InChI is InChI=1S/C16H18N2O2/c1-20-14-9-5-4-8-12(14)10-13-16(19)18-15(17-13)11-6-2-3-7-11/h4-5,8-11H,2-3,6-7H2,1H3,(H,17,18,19)/b13-10+. The van der Waals surface area contributed by atoms with E-state index in [1.807, 2.05) is 24.3 Å². The van der Waals surface area contributed by atoms with Crippen molar-refractivity contribution < 1.29 is 9.53 Å². The summed E-state index contributed by atoms with van der Waals surface area (Å²) in [6.07, 6.45) is 6.49. The summed E-state index contributed by atoms with van der Waals surface area (Å²) in [5.41, 5.74) is 1.34. The molecule has 1 N–H and O–H groups in total. The lowest BCUT2D eigenvalue weighted by Gasteiger charge is -2.06. The number of rotatable bonds is 3. The van der Waals surface area contributed by atoms with E-state index in [1.165, 1.54) is 12.8 Å². The molecule has 0 aromatic heterocycles. The molecule has 1 aromatic rings. The molecule has 0 spiro atoms. The Morgan fingerprint density at radius 2 is 2.05 bits per heavy atom. The van der Waals surface area contributed by atoms with Crippen molar-refractivity contribution in [3.05, 3.63) is 35.5 Å². The van der Waals surface area contributed by atoms with Gasteiger partial charge in [0, 0.05) is 11.5 Å². The highest BCUT2D eigenvalue weighted by atomic mass is 16.5. The van der Waals surface area contributed by atoms with Crippen molar-refractivity contribution in [1.29, 1.82) is 0 Å². The summed E-state index contributed by atoms with van der Waals surface area (Å²) >= 11 is 0. The monoisotopic (exact) mass is 270 g/mol. The van der Waals surface area contributed by atoms with Crippen LogP contribution in [0.3, 0.4) is 0 Å². The van der Waals surface area contributed by atoms with Gasteiger partial charge in [0.05, 0.1) is 7.11 Å². The van der Waals surface area contributed by atoms with Gasteiger partial charge in [-0.1, -0.05) is 31.0 Å². The van der Waals surface area contributed by atoms with Gasteiger partial charge < -0.3 is 10.1 Å². The zero-order chi connectivity index (χ0) is 13.9. The molecule has 0 unspecified atom stereocenters. The third-order valence-electron chi connectivity index (χ3n) is 3.89. The zero-order valence-electron chi connectivity index (χ0n) is 11.6. The number of amidine groups is 1. The highest BCUT2D eigenvalue weighted by molar-refractivity contribution is 6.15. The number of nitrogens with one attached hydrogen (secondary N) is 1. The van der Waals surface area contributed by atoms with Crippen LogP contribution in [0.5, 0.6) is 5.75 Å². The molecule has 1 aliphatic carbocycles. The molecule has 1 saturated carbocycles. The first-order valence-corrected chi connectivity index (χ1v) is 7.02. The number of para-hydroxylation sites is 1. The van der Waals surface area contributed by atoms with Crippen LogP contribution >= 0.6 is 0 Å². The molecule has 4 heteroatoms. The maximum atomic E-state index is 12.0. The average molecular weight is 270 g/mol. The molecular formula is C16H18N2O2. The molecule has 0 saturated heterocycles. The van der Waals surface area contributed by atoms with Crippen LogP contribution in [0.4, 0.5) is 0 Å². The van der Waals surface area contributed by atoms with Crippen LogP contribution in [-0.4, -0.2) is 18.9 Å². The van der Waals surface area contributed by atoms with Crippen molar-refractivity contribution in [2.24, 2.45) is 10.9 Å². The molecule has 2 aliphatic rings. The summed E-state index contributed by atoms with van der Waals surface area (Å²) in [5, 5.41) is 2.91. The quantitative estimate of drug-likeness (QED) is 0.859. The number of amides is 1. The van der Waals surface area contributed by atoms with Gasteiger partial charge in [-0.15, -0.1) is 0 Å². The fraction of sp³-hybridized carbons (Fsp3) is 0.375. The minimum Gasteiger partial charge on any atom is -0.496 e. The van der Waals surface area contributed by atoms with Crippen LogP contribution in [0.1, 0.15) is 31.2 Å². The maximum Gasteiger partial charge on any atom is 0.275 e. The predicted octanol–water partition coefficient (Wildman–Crippen LogP) is 2.75.